The summed E-state index contributed by atoms with van der Waals surface area (Å²) in [5, 5.41) is 12.3. The van der Waals surface area contributed by atoms with Gasteiger partial charge in [-0.2, -0.15) is 4.31 Å². The van der Waals surface area contributed by atoms with Crippen molar-refractivity contribution in [2.75, 3.05) is 33.4 Å². The van der Waals surface area contributed by atoms with E-state index < -0.39 is 16.3 Å². The van der Waals surface area contributed by atoms with Gasteiger partial charge in [0.25, 0.3) is 5.91 Å². The van der Waals surface area contributed by atoms with Crippen LogP contribution in [-0.4, -0.2) is 63.4 Å². The summed E-state index contributed by atoms with van der Waals surface area (Å²) in [6, 6.07) is 11.9. The fraction of sp³-hybridized carbons (Fsp3) is 0.483. The maximum atomic E-state index is 13.2. The molecule has 218 valence electrons. The first-order valence-corrected chi connectivity index (χ1v) is 15.0. The highest BCUT2D eigenvalue weighted by atomic mass is 32.2. The van der Waals surface area contributed by atoms with Gasteiger partial charge in [0.15, 0.2) is 5.76 Å². The van der Waals surface area contributed by atoms with E-state index in [1.165, 1.54) is 31.4 Å². The van der Waals surface area contributed by atoms with Gasteiger partial charge in [-0.25, -0.2) is 12.8 Å². The minimum Gasteiger partial charge on any atom is -0.497 e. The molecule has 40 heavy (non-hydrogen) atoms. The van der Waals surface area contributed by atoms with Crippen LogP contribution < -0.4 is 10.1 Å². The van der Waals surface area contributed by atoms with Crippen molar-refractivity contribution >= 4 is 15.9 Å². The minimum atomic E-state index is -3.88. The van der Waals surface area contributed by atoms with E-state index in [0.29, 0.717) is 18.1 Å². The number of aliphatic hydroxyl groups is 1. The molecule has 1 heterocycles. The average Bonchev–Trinajstić information content (AvgIpc) is 3.51. The van der Waals surface area contributed by atoms with Crippen molar-refractivity contribution in [3.05, 3.63) is 71.7 Å². The lowest BCUT2D eigenvalue weighted by atomic mass is 9.86. The van der Waals surface area contributed by atoms with Crippen LogP contribution in [0.3, 0.4) is 0 Å². The van der Waals surface area contributed by atoms with E-state index >= 15 is 0 Å². The van der Waals surface area contributed by atoms with Crippen LogP contribution in [0, 0.1) is 17.7 Å². The van der Waals surface area contributed by atoms with Gasteiger partial charge in [-0.05, 0) is 72.7 Å². The Morgan fingerprint density at radius 2 is 1.80 bits per heavy atom. The Morgan fingerprint density at radius 3 is 2.45 bits per heavy atom. The smallest absolute Gasteiger partial charge is 0.286 e. The van der Waals surface area contributed by atoms with Crippen molar-refractivity contribution in [1.29, 1.82) is 0 Å². The SMILES string of the molecule is COc1ccc(S(=O)(=O)N(CCO)CCO[C@H]2C[C@@H](C3CCCC3)C=C(C(=O)NCc3ccc(F)cc3)O2)cc1. The predicted molar refractivity (Wildman–Crippen MR) is 146 cm³/mol. The normalized spacial score (nSPS) is 19.8. The van der Waals surface area contributed by atoms with Crippen molar-refractivity contribution in [2.45, 2.75) is 49.8 Å². The molecule has 2 aliphatic rings. The summed E-state index contributed by atoms with van der Waals surface area (Å²) in [6.45, 7) is -0.204. The Hall–Kier alpha value is -2.99. The highest BCUT2D eigenvalue weighted by molar-refractivity contribution is 7.89. The second-order valence-corrected chi connectivity index (χ2v) is 11.9. The van der Waals surface area contributed by atoms with Crippen molar-refractivity contribution < 1.29 is 36.9 Å². The molecule has 1 aliphatic carbocycles. The van der Waals surface area contributed by atoms with Gasteiger partial charge in [0.2, 0.25) is 16.3 Å². The molecule has 2 aromatic carbocycles. The van der Waals surface area contributed by atoms with Crippen molar-refractivity contribution in [3.8, 4) is 5.75 Å². The average molecular weight is 577 g/mol. The number of benzene rings is 2. The maximum absolute atomic E-state index is 13.2. The molecule has 0 bridgehead atoms. The summed E-state index contributed by atoms with van der Waals surface area (Å²) in [5.74, 6) is 0.508. The molecule has 1 amide bonds. The fourth-order valence-electron chi connectivity index (χ4n) is 5.18. The fourth-order valence-corrected chi connectivity index (χ4v) is 6.59. The molecule has 1 fully saturated rings. The quantitative estimate of drug-likeness (QED) is 0.375. The molecule has 0 spiro atoms. The number of hydrogen-bond donors (Lipinski definition) is 2. The van der Waals surface area contributed by atoms with Gasteiger partial charge in [-0.1, -0.05) is 25.0 Å². The number of allylic oxidation sites excluding steroid dienone is 1. The highest BCUT2D eigenvalue weighted by Gasteiger charge is 2.34. The van der Waals surface area contributed by atoms with Gasteiger partial charge in [0.05, 0.1) is 25.2 Å². The molecule has 1 saturated carbocycles. The standard InChI is InChI=1S/C29H37FN2O7S/c1-37-25-10-12-26(13-11-25)40(35,36)32(14-16-33)15-17-38-28-19-23(22-4-2-3-5-22)18-27(39-28)29(34)31-20-21-6-8-24(30)9-7-21/h6-13,18,22-23,28,33H,2-5,14-17,19-20H2,1H3,(H,31,34)/t23-,28+/m0/s1. The zero-order valence-electron chi connectivity index (χ0n) is 22.6. The predicted octanol–water partition coefficient (Wildman–Crippen LogP) is 3.59. The number of carbonyl (C=O) groups excluding carboxylic acids is 1. The lowest BCUT2D eigenvalue weighted by Gasteiger charge is -2.32. The number of hydrogen-bond acceptors (Lipinski definition) is 7. The molecule has 0 radical (unpaired) electrons. The van der Waals surface area contributed by atoms with Crippen molar-refractivity contribution in [1.82, 2.24) is 9.62 Å². The largest absolute Gasteiger partial charge is 0.497 e. The van der Waals surface area contributed by atoms with Crippen LogP contribution in [-0.2, 0) is 30.8 Å². The summed E-state index contributed by atoms with van der Waals surface area (Å²) in [5.41, 5.74) is 0.758. The van der Waals surface area contributed by atoms with E-state index in [4.69, 9.17) is 14.2 Å². The molecule has 0 aromatic heterocycles. The third-order valence-corrected chi connectivity index (χ3v) is 9.29. The van der Waals surface area contributed by atoms with E-state index in [0.717, 1.165) is 35.6 Å². The number of nitrogens with zero attached hydrogens (tertiary/aromatic N) is 1. The van der Waals surface area contributed by atoms with Crippen LogP contribution in [0.4, 0.5) is 4.39 Å². The van der Waals surface area contributed by atoms with Gasteiger partial charge in [0, 0.05) is 26.1 Å². The Balaban J connectivity index is 1.39. The molecule has 2 atom stereocenters. The lowest BCUT2D eigenvalue weighted by Crippen LogP contribution is -2.38. The van der Waals surface area contributed by atoms with Crippen LogP contribution in [0.25, 0.3) is 0 Å². The molecule has 11 heteroatoms. The summed E-state index contributed by atoms with van der Waals surface area (Å²) in [4.78, 5) is 13.1. The number of aliphatic hydroxyl groups excluding tert-OH is 1. The Labute approximate surface area is 235 Å². The van der Waals surface area contributed by atoms with Crippen LogP contribution in [0.1, 0.15) is 37.7 Å². The minimum absolute atomic E-state index is 0.00130. The van der Waals surface area contributed by atoms with Gasteiger partial charge < -0.3 is 24.6 Å². The first-order valence-electron chi connectivity index (χ1n) is 13.6. The molecule has 2 aromatic rings. The Kier molecular flexibility index (Phi) is 10.5. The second-order valence-electron chi connectivity index (χ2n) is 10.0. The Bertz CT molecular complexity index is 1250. The summed E-state index contributed by atoms with van der Waals surface area (Å²) < 4.78 is 57.7. The third kappa shape index (κ3) is 7.81. The molecular formula is C29H37FN2O7S. The molecular weight excluding hydrogens is 539 g/mol. The molecule has 0 unspecified atom stereocenters. The molecule has 1 aliphatic heterocycles. The zero-order chi connectivity index (χ0) is 28.5. The van der Waals surface area contributed by atoms with Crippen LogP contribution in [0.2, 0.25) is 0 Å². The van der Waals surface area contributed by atoms with E-state index in [1.807, 2.05) is 6.08 Å². The number of amides is 1. The van der Waals surface area contributed by atoms with Gasteiger partial charge in [-0.3, -0.25) is 4.79 Å². The summed E-state index contributed by atoms with van der Waals surface area (Å²) in [7, 11) is -2.38. The maximum Gasteiger partial charge on any atom is 0.286 e. The van der Waals surface area contributed by atoms with E-state index in [-0.39, 0.29) is 61.1 Å². The van der Waals surface area contributed by atoms with Crippen LogP contribution in [0.15, 0.2) is 65.3 Å². The first-order chi connectivity index (χ1) is 19.3. The lowest BCUT2D eigenvalue weighted by molar-refractivity contribution is -0.151. The Morgan fingerprint density at radius 1 is 1.10 bits per heavy atom. The van der Waals surface area contributed by atoms with E-state index in [9.17, 15) is 22.7 Å². The van der Waals surface area contributed by atoms with Crippen LogP contribution >= 0.6 is 0 Å². The number of nitrogens with one attached hydrogen (secondary N) is 1. The van der Waals surface area contributed by atoms with E-state index in [1.54, 1.807) is 24.3 Å². The summed E-state index contributed by atoms with van der Waals surface area (Å²) in [6.07, 6.45) is 6.15. The molecule has 9 nitrogen and oxygen atoms in total. The van der Waals surface area contributed by atoms with Crippen molar-refractivity contribution in [2.24, 2.45) is 11.8 Å². The van der Waals surface area contributed by atoms with E-state index in [2.05, 4.69) is 5.32 Å². The molecule has 0 saturated heterocycles. The monoisotopic (exact) mass is 576 g/mol. The van der Waals surface area contributed by atoms with Crippen molar-refractivity contribution in [3.63, 3.8) is 0 Å². The number of methoxy groups -OCH3 is 1. The van der Waals surface area contributed by atoms with Gasteiger partial charge in [0.1, 0.15) is 11.6 Å². The van der Waals surface area contributed by atoms with Gasteiger partial charge >= 0.3 is 0 Å². The topological polar surface area (TPSA) is 114 Å². The first kappa shape index (κ1) is 30.0. The number of carbonyl (C=O) groups is 1. The number of ether oxygens (including phenoxy) is 3. The van der Waals surface area contributed by atoms with Gasteiger partial charge in [-0.15, -0.1) is 0 Å². The van der Waals surface area contributed by atoms with Crippen LogP contribution in [0.5, 0.6) is 5.75 Å². The number of halogens is 1. The zero-order valence-corrected chi connectivity index (χ0v) is 23.4. The number of sulfonamides is 1. The summed E-state index contributed by atoms with van der Waals surface area (Å²) >= 11 is 0. The molecule has 4 rings (SSSR count). The third-order valence-electron chi connectivity index (χ3n) is 7.37. The second kappa shape index (κ2) is 14.1. The molecule has 2 N–H and O–H groups in total. The number of rotatable bonds is 13. The highest BCUT2D eigenvalue weighted by Crippen LogP contribution is 2.38.